The first-order chi connectivity index (χ1) is 9.85. The Bertz CT molecular complexity index is 776. The summed E-state index contributed by atoms with van der Waals surface area (Å²) in [4.78, 5) is 0.233. The van der Waals surface area contributed by atoms with Crippen LogP contribution in [0.1, 0.15) is 11.1 Å². The summed E-state index contributed by atoms with van der Waals surface area (Å²) < 4.78 is 26.8. The SMILES string of the molecule is NC(=S)c1cccc(CS(=O)(=O)Nc2cccc(Cl)c2)c1. The van der Waals surface area contributed by atoms with E-state index < -0.39 is 10.0 Å². The summed E-state index contributed by atoms with van der Waals surface area (Å²) in [6.07, 6.45) is 0. The Morgan fingerprint density at radius 3 is 2.57 bits per heavy atom. The van der Waals surface area contributed by atoms with Crippen LogP contribution in [0.5, 0.6) is 0 Å². The zero-order chi connectivity index (χ0) is 15.5. The quantitative estimate of drug-likeness (QED) is 0.821. The minimum absolute atomic E-state index is 0.171. The Morgan fingerprint density at radius 2 is 1.90 bits per heavy atom. The first-order valence-electron chi connectivity index (χ1n) is 6.00. The molecule has 0 unspecified atom stereocenters. The maximum Gasteiger partial charge on any atom is 0.236 e. The van der Waals surface area contributed by atoms with Gasteiger partial charge in [0.05, 0.1) is 5.75 Å². The van der Waals surface area contributed by atoms with Crippen molar-refractivity contribution in [3.05, 3.63) is 64.7 Å². The molecular weight excluding hydrogens is 328 g/mol. The van der Waals surface area contributed by atoms with Crippen molar-refractivity contribution in [1.29, 1.82) is 0 Å². The van der Waals surface area contributed by atoms with E-state index in [1.165, 1.54) is 0 Å². The van der Waals surface area contributed by atoms with Gasteiger partial charge >= 0.3 is 0 Å². The maximum absolute atomic E-state index is 12.1. The number of benzene rings is 2. The number of rotatable bonds is 5. The molecule has 0 saturated carbocycles. The third-order valence-corrected chi connectivity index (χ3v) is 4.40. The fourth-order valence-corrected chi connectivity index (χ4v) is 3.30. The minimum Gasteiger partial charge on any atom is -0.389 e. The molecule has 0 saturated heterocycles. The average Bonchev–Trinajstić information content (AvgIpc) is 2.37. The van der Waals surface area contributed by atoms with Crippen molar-refractivity contribution in [2.24, 2.45) is 5.73 Å². The number of sulfonamides is 1. The molecule has 21 heavy (non-hydrogen) atoms. The zero-order valence-electron chi connectivity index (χ0n) is 10.9. The summed E-state index contributed by atoms with van der Waals surface area (Å²) >= 11 is 10.7. The first kappa shape index (κ1) is 15.8. The van der Waals surface area contributed by atoms with E-state index in [1.807, 2.05) is 0 Å². The van der Waals surface area contributed by atoms with Crippen molar-refractivity contribution in [2.45, 2.75) is 5.75 Å². The molecule has 0 amide bonds. The fraction of sp³-hybridized carbons (Fsp3) is 0.0714. The van der Waals surface area contributed by atoms with Gasteiger partial charge in [-0.1, -0.05) is 48.1 Å². The maximum atomic E-state index is 12.1. The molecule has 2 rings (SSSR count). The van der Waals surface area contributed by atoms with E-state index in [-0.39, 0.29) is 10.7 Å². The van der Waals surface area contributed by atoms with E-state index >= 15 is 0 Å². The summed E-state index contributed by atoms with van der Waals surface area (Å²) in [6, 6.07) is 13.4. The lowest BCUT2D eigenvalue weighted by molar-refractivity contribution is 0.600. The summed E-state index contributed by atoms with van der Waals surface area (Å²) in [7, 11) is -3.54. The van der Waals surface area contributed by atoms with Crippen molar-refractivity contribution in [3.8, 4) is 0 Å². The van der Waals surface area contributed by atoms with Crippen LogP contribution in [0.15, 0.2) is 48.5 Å². The fourth-order valence-electron chi connectivity index (χ4n) is 1.80. The molecule has 2 aromatic carbocycles. The van der Waals surface area contributed by atoms with Crippen molar-refractivity contribution < 1.29 is 8.42 Å². The molecule has 0 bridgehead atoms. The van der Waals surface area contributed by atoms with E-state index in [4.69, 9.17) is 29.6 Å². The van der Waals surface area contributed by atoms with Crippen LogP contribution in [-0.2, 0) is 15.8 Å². The van der Waals surface area contributed by atoms with Crippen LogP contribution >= 0.6 is 23.8 Å². The summed E-state index contributed by atoms with van der Waals surface area (Å²) in [5.41, 5.74) is 7.21. The Kier molecular flexibility index (Phi) is 4.82. The number of nitrogens with one attached hydrogen (secondary N) is 1. The van der Waals surface area contributed by atoms with Gasteiger partial charge in [0, 0.05) is 16.3 Å². The number of anilines is 1. The van der Waals surface area contributed by atoms with Crippen LogP contribution in [0.3, 0.4) is 0 Å². The smallest absolute Gasteiger partial charge is 0.236 e. The molecule has 0 aliphatic heterocycles. The van der Waals surface area contributed by atoms with Crippen LogP contribution < -0.4 is 10.5 Å². The van der Waals surface area contributed by atoms with E-state index in [1.54, 1.807) is 48.5 Å². The van der Waals surface area contributed by atoms with E-state index in [9.17, 15) is 8.42 Å². The zero-order valence-corrected chi connectivity index (χ0v) is 13.3. The van der Waals surface area contributed by atoms with Crippen LogP contribution in [-0.4, -0.2) is 13.4 Å². The number of thiocarbonyl (C=S) groups is 1. The first-order valence-corrected chi connectivity index (χ1v) is 8.44. The molecule has 0 atom stereocenters. The Morgan fingerprint density at radius 1 is 1.19 bits per heavy atom. The van der Waals surface area contributed by atoms with Crippen LogP contribution in [0.25, 0.3) is 0 Å². The van der Waals surface area contributed by atoms with E-state index in [0.717, 1.165) is 0 Å². The van der Waals surface area contributed by atoms with Crippen LogP contribution in [0, 0.1) is 0 Å². The van der Waals surface area contributed by atoms with Gasteiger partial charge in [-0.15, -0.1) is 0 Å². The normalized spacial score (nSPS) is 11.1. The van der Waals surface area contributed by atoms with Gasteiger partial charge in [-0.2, -0.15) is 0 Å². The topological polar surface area (TPSA) is 72.2 Å². The minimum atomic E-state index is -3.54. The second kappa shape index (κ2) is 6.43. The average molecular weight is 341 g/mol. The molecule has 0 aliphatic carbocycles. The predicted molar refractivity (Wildman–Crippen MR) is 90.0 cm³/mol. The standard InChI is InChI=1S/C14H13ClN2O2S2/c15-12-5-2-6-13(8-12)17-21(18,19)9-10-3-1-4-11(7-10)14(16)20/h1-8,17H,9H2,(H2,16,20). The molecule has 7 heteroatoms. The monoisotopic (exact) mass is 340 g/mol. The number of hydrogen-bond donors (Lipinski definition) is 2. The van der Waals surface area contributed by atoms with Crippen LogP contribution in [0.2, 0.25) is 5.02 Å². The highest BCUT2D eigenvalue weighted by Gasteiger charge is 2.12. The Balaban J connectivity index is 2.18. The van der Waals surface area contributed by atoms with Gasteiger partial charge in [0.1, 0.15) is 4.99 Å². The Hall–Kier alpha value is -1.63. The van der Waals surface area contributed by atoms with Crippen LogP contribution in [0.4, 0.5) is 5.69 Å². The molecule has 0 fully saturated rings. The van der Waals surface area contributed by atoms with Gasteiger partial charge in [0.15, 0.2) is 0 Å². The molecule has 0 heterocycles. The number of nitrogens with two attached hydrogens (primary N) is 1. The number of hydrogen-bond acceptors (Lipinski definition) is 3. The predicted octanol–water partition coefficient (Wildman–Crippen LogP) is 2.92. The Labute approximate surface area is 134 Å². The highest BCUT2D eigenvalue weighted by atomic mass is 35.5. The molecule has 2 aromatic rings. The second-order valence-electron chi connectivity index (χ2n) is 4.44. The largest absolute Gasteiger partial charge is 0.389 e. The molecule has 0 radical (unpaired) electrons. The lowest BCUT2D eigenvalue weighted by Crippen LogP contribution is -2.16. The summed E-state index contributed by atoms with van der Waals surface area (Å²) in [6.45, 7) is 0. The summed E-state index contributed by atoms with van der Waals surface area (Å²) in [5, 5.41) is 0.464. The molecule has 4 nitrogen and oxygen atoms in total. The third-order valence-electron chi connectivity index (χ3n) is 2.67. The highest BCUT2D eigenvalue weighted by molar-refractivity contribution is 7.91. The van der Waals surface area contributed by atoms with Gasteiger partial charge in [0.2, 0.25) is 10.0 Å². The molecule has 0 aliphatic rings. The van der Waals surface area contributed by atoms with Gasteiger partial charge < -0.3 is 5.73 Å². The number of halogens is 1. The molecule has 110 valence electrons. The van der Waals surface area contributed by atoms with Crippen molar-refractivity contribution in [1.82, 2.24) is 0 Å². The third kappa shape index (κ3) is 4.70. The van der Waals surface area contributed by atoms with Crippen molar-refractivity contribution >= 4 is 44.5 Å². The molecule has 0 aromatic heterocycles. The lowest BCUT2D eigenvalue weighted by atomic mass is 10.1. The van der Waals surface area contributed by atoms with Crippen molar-refractivity contribution in [2.75, 3.05) is 4.72 Å². The highest BCUT2D eigenvalue weighted by Crippen LogP contribution is 2.18. The molecule has 0 spiro atoms. The van der Waals surface area contributed by atoms with Gasteiger partial charge in [-0.05, 0) is 29.8 Å². The summed E-state index contributed by atoms with van der Waals surface area (Å²) in [5.74, 6) is -0.171. The van der Waals surface area contributed by atoms with Gasteiger partial charge in [0.25, 0.3) is 0 Å². The van der Waals surface area contributed by atoms with Gasteiger partial charge in [-0.25, -0.2) is 8.42 Å². The van der Waals surface area contributed by atoms with Gasteiger partial charge in [-0.3, -0.25) is 4.72 Å². The molecule has 3 N–H and O–H groups in total. The molecular formula is C14H13ClN2O2S2. The lowest BCUT2D eigenvalue weighted by Gasteiger charge is -2.09. The second-order valence-corrected chi connectivity index (χ2v) is 7.03. The van der Waals surface area contributed by atoms with E-state index in [2.05, 4.69) is 4.72 Å². The van der Waals surface area contributed by atoms with Crippen molar-refractivity contribution in [3.63, 3.8) is 0 Å². The van der Waals surface area contributed by atoms with E-state index in [0.29, 0.717) is 21.8 Å².